The largest absolute Gasteiger partial charge is 0.497 e. The quantitative estimate of drug-likeness (QED) is 0.831. The summed E-state index contributed by atoms with van der Waals surface area (Å²) < 4.78 is 38.4. The Labute approximate surface area is 140 Å². The van der Waals surface area contributed by atoms with Gasteiger partial charge in [-0.3, -0.25) is 0 Å². The molecule has 1 aliphatic rings. The normalized spacial score (nSPS) is 16.1. The van der Waals surface area contributed by atoms with Crippen molar-refractivity contribution in [3.05, 3.63) is 40.6 Å². The number of hydrogen-bond donors (Lipinski definition) is 1. The fourth-order valence-electron chi connectivity index (χ4n) is 2.55. The smallest absolute Gasteiger partial charge is 0.244 e. The first-order valence-electron chi connectivity index (χ1n) is 7.26. The zero-order valence-electron chi connectivity index (χ0n) is 13.0. The van der Waals surface area contributed by atoms with E-state index in [1.807, 2.05) is 11.4 Å². The van der Waals surface area contributed by atoms with Crippen LogP contribution in [-0.2, 0) is 15.4 Å². The second-order valence-electron chi connectivity index (χ2n) is 5.60. The van der Waals surface area contributed by atoms with Gasteiger partial charge in [0.25, 0.3) is 0 Å². The minimum atomic E-state index is -3.67. The lowest BCUT2D eigenvalue weighted by Gasteiger charge is -2.16. The fourth-order valence-corrected chi connectivity index (χ4v) is 4.84. The highest BCUT2D eigenvalue weighted by Gasteiger charge is 2.45. The molecule has 1 N–H and O–H groups in total. The first kappa shape index (κ1) is 16.3. The Balaban J connectivity index is 1.82. The van der Waals surface area contributed by atoms with Gasteiger partial charge in [-0.2, -0.15) is 0 Å². The Bertz CT molecular complexity index is 780. The Kier molecular flexibility index (Phi) is 4.35. The van der Waals surface area contributed by atoms with Gasteiger partial charge in [0, 0.05) is 22.9 Å². The number of benzene rings is 1. The van der Waals surface area contributed by atoms with Crippen LogP contribution in [0.1, 0.15) is 17.7 Å². The average molecular weight is 353 g/mol. The number of thiophene rings is 1. The third kappa shape index (κ3) is 3.22. The molecular weight excluding hydrogens is 334 g/mol. The van der Waals surface area contributed by atoms with Crippen LogP contribution in [0.25, 0.3) is 0 Å². The van der Waals surface area contributed by atoms with Crippen LogP contribution < -0.4 is 14.2 Å². The van der Waals surface area contributed by atoms with Crippen molar-refractivity contribution in [2.24, 2.45) is 0 Å². The summed E-state index contributed by atoms with van der Waals surface area (Å²) in [5.41, 5.74) is -0.0483. The Hall–Kier alpha value is -1.57. The van der Waals surface area contributed by atoms with Crippen LogP contribution in [-0.4, -0.2) is 29.2 Å². The molecule has 0 aliphatic heterocycles. The zero-order valence-corrected chi connectivity index (χ0v) is 14.7. The summed E-state index contributed by atoms with van der Waals surface area (Å²) in [6.45, 7) is 0.399. The third-order valence-corrected chi connectivity index (χ3v) is 6.70. The van der Waals surface area contributed by atoms with Crippen molar-refractivity contribution < 1.29 is 17.9 Å². The van der Waals surface area contributed by atoms with Gasteiger partial charge in [0.2, 0.25) is 10.0 Å². The van der Waals surface area contributed by atoms with Crippen molar-refractivity contribution in [2.45, 2.75) is 23.2 Å². The summed E-state index contributed by atoms with van der Waals surface area (Å²) in [5, 5.41) is 2.02. The lowest BCUT2D eigenvalue weighted by atomic mass is 10.1. The molecule has 3 rings (SSSR count). The van der Waals surface area contributed by atoms with Gasteiger partial charge in [0.1, 0.15) is 16.4 Å². The Morgan fingerprint density at radius 2 is 2.00 bits per heavy atom. The minimum Gasteiger partial charge on any atom is -0.497 e. The maximum Gasteiger partial charge on any atom is 0.244 e. The third-order valence-electron chi connectivity index (χ3n) is 4.16. The van der Waals surface area contributed by atoms with Gasteiger partial charge in [-0.1, -0.05) is 6.07 Å². The van der Waals surface area contributed by atoms with E-state index in [0.29, 0.717) is 18.0 Å². The molecule has 1 saturated carbocycles. The number of nitrogens with one attached hydrogen (secondary N) is 1. The van der Waals surface area contributed by atoms with Crippen molar-refractivity contribution in [3.8, 4) is 11.5 Å². The lowest BCUT2D eigenvalue weighted by molar-refractivity contribution is 0.392. The molecule has 1 aromatic heterocycles. The molecule has 0 unspecified atom stereocenters. The number of rotatable bonds is 7. The van der Waals surface area contributed by atoms with E-state index in [2.05, 4.69) is 10.8 Å². The predicted octanol–water partition coefficient (Wildman–Crippen LogP) is 2.78. The standard InChI is InChI=1S/C16H19NO4S2/c1-20-12-5-6-13(21-2)14(10-12)23(18,19)17-11-16(7-8-16)15-4-3-9-22-15/h3-6,9-10,17H,7-8,11H2,1-2H3. The van der Waals surface area contributed by atoms with Crippen LogP contribution in [0.4, 0.5) is 0 Å². The monoisotopic (exact) mass is 353 g/mol. The minimum absolute atomic E-state index is 0.0483. The van der Waals surface area contributed by atoms with Crippen LogP contribution in [0.5, 0.6) is 11.5 Å². The van der Waals surface area contributed by atoms with Crippen LogP contribution in [0.3, 0.4) is 0 Å². The van der Waals surface area contributed by atoms with E-state index in [0.717, 1.165) is 12.8 Å². The van der Waals surface area contributed by atoms with Gasteiger partial charge in [0.15, 0.2) is 0 Å². The zero-order chi connectivity index (χ0) is 16.5. The second-order valence-corrected chi connectivity index (χ2v) is 8.28. The van der Waals surface area contributed by atoms with Gasteiger partial charge in [-0.25, -0.2) is 13.1 Å². The summed E-state index contributed by atoms with van der Waals surface area (Å²) in [5.74, 6) is 0.782. The Morgan fingerprint density at radius 1 is 1.22 bits per heavy atom. The molecule has 0 amide bonds. The van der Waals surface area contributed by atoms with Gasteiger partial charge in [0.05, 0.1) is 14.2 Å². The molecule has 1 fully saturated rings. The van der Waals surface area contributed by atoms with E-state index in [4.69, 9.17) is 9.47 Å². The molecule has 0 radical (unpaired) electrons. The molecule has 124 valence electrons. The molecular formula is C16H19NO4S2. The maximum absolute atomic E-state index is 12.7. The summed E-state index contributed by atoms with van der Waals surface area (Å²) in [6, 6.07) is 8.81. The molecule has 7 heteroatoms. The highest BCUT2D eigenvalue weighted by molar-refractivity contribution is 7.89. The van der Waals surface area contributed by atoms with Gasteiger partial charge < -0.3 is 9.47 Å². The molecule has 0 spiro atoms. The molecule has 2 aromatic rings. The number of ether oxygens (including phenoxy) is 2. The van der Waals surface area contributed by atoms with E-state index < -0.39 is 10.0 Å². The molecule has 0 bridgehead atoms. The molecule has 1 heterocycles. The van der Waals surface area contributed by atoms with Crippen molar-refractivity contribution in [1.82, 2.24) is 4.72 Å². The molecule has 0 saturated heterocycles. The van der Waals surface area contributed by atoms with Gasteiger partial charge in [-0.15, -0.1) is 11.3 Å². The van der Waals surface area contributed by atoms with Crippen molar-refractivity contribution in [2.75, 3.05) is 20.8 Å². The van der Waals surface area contributed by atoms with E-state index in [9.17, 15) is 8.42 Å². The van der Waals surface area contributed by atoms with Crippen LogP contribution in [0.2, 0.25) is 0 Å². The summed E-state index contributed by atoms with van der Waals surface area (Å²) in [7, 11) is -0.715. The highest BCUT2D eigenvalue weighted by Crippen LogP contribution is 2.49. The van der Waals surface area contributed by atoms with Gasteiger partial charge >= 0.3 is 0 Å². The first-order chi connectivity index (χ1) is 11.0. The van der Waals surface area contributed by atoms with Crippen molar-refractivity contribution >= 4 is 21.4 Å². The second kappa shape index (κ2) is 6.14. The fraction of sp³-hybridized carbons (Fsp3) is 0.375. The number of sulfonamides is 1. The number of hydrogen-bond acceptors (Lipinski definition) is 5. The highest BCUT2D eigenvalue weighted by atomic mass is 32.2. The van der Waals surface area contributed by atoms with E-state index in [1.165, 1.54) is 25.2 Å². The first-order valence-corrected chi connectivity index (χ1v) is 9.63. The topological polar surface area (TPSA) is 64.6 Å². The maximum atomic E-state index is 12.7. The molecule has 1 aromatic carbocycles. The summed E-state index contributed by atoms with van der Waals surface area (Å²) >= 11 is 1.67. The summed E-state index contributed by atoms with van der Waals surface area (Å²) in [4.78, 5) is 1.33. The molecule has 5 nitrogen and oxygen atoms in total. The molecule has 0 atom stereocenters. The van der Waals surface area contributed by atoms with Crippen LogP contribution in [0.15, 0.2) is 40.6 Å². The van der Waals surface area contributed by atoms with Gasteiger partial charge in [-0.05, 0) is 36.4 Å². The SMILES string of the molecule is COc1ccc(OC)c(S(=O)(=O)NCC2(c3cccs3)CC2)c1. The van der Waals surface area contributed by atoms with E-state index in [1.54, 1.807) is 23.5 Å². The van der Waals surface area contributed by atoms with Crippen LogP contribution in [0, 0.1) is 0 Å². The number of methoxy groups -OCH3 is 2. The Morgan fingerprint density at radius 3 is 2.57 bits per heavy atom. The van der Waals surface area contributed by atoms with Crippen molar-refractivity contribution in [3.63, 3.8) is 0 Å². The van der Waals surface area contributed by atoms with Crippen LogP contribution >= 0.6 is 11.3 Å². The predicted molar refractivity (Wildman–Crippen MR) is 90.0 cm³/mol. The van der Waals surface area contributed by atoms with E-state index in [-0.39, 0.29) is 10.3 Å². The average Bonchev–Trinajstić information content (AvgIpc) is 3.15. The van der Waals surface area contributed by atoms with E-state index >= 15 is 0 Å². The van der Waals surface area contributed by atoms with Crippen molar-refractivity contribution in [1.29, 1.82) is 0 Å². The molecule has 1 aliphatic carbocycles. The lowest BCUT2D eigenvalue weighted by Crippen LogP contribution is -2.32. The summed E-state index contributed by atoms with van der Waals surface area (Å²) in [6.07, 6.45) is 2.01. The molecule has 23 heavy (non-hydrogen) atoms.